The van der Waals surface area contributed by atoms with E-state index in [1.807, 2.05) is 0 Å². The molecule has 2 unspecified atom stereocenters. The topological polar surface area (TPSA) is 12.0 Å². The van der Waals surface area contributed by atoms with Gasteiger partial charge in [-0.25, -0.2) is 0 Å². The minimum Gasteiger partial charge on any atom is -0.319 e. The fourth-order valence-electron chi connectivity index (χ4n) is 2.49. The fourth-order valence-corrected chi connectivity index (χ4v) is 2.49. The maximum absolute atomic E-state index is 3.34. The highest BCUT2D eigenvalue weighted by molar-refractivity contribution is 4.76. The second-order valence-corrected chi connectivity index (χ2v) is 5.16. The first-order chi connectivity index (χ1) is 6.54. The Balaban J connectivity index is 0. The van der Waals surface area contributed by atoms with E-state index in [9.17, 15) is 0 Å². The van der Waals surface area contributed by atoms with Gasteiger partial charge in [0.05, 0.1) is 0 Å². The SMILES string of the molecule is CCCC(C(C)C)C(CNC)C(C)C.[HH]. The largest absolute Gasteiger partial charge is 0.319 e. The van der Waals surface area contributed by atoms with E-state index in [0.29, 0.717) is 0 Å². The molecule has 0 aromatic heterocycles. The lowest BCUT2D eigenvalue weighted by molar-refractivity contribution is 0.181. The molecule has 0 aliphatic rings. The average molecular weight is 201 g/mol. The Hall–Kier alpha value is -0.0400. The summed E-state index contributed by atoms with van der Waals surface area (Å²) in [4.78, 5) is 0. The molecule has 0 aromatic carbocycles. The van der Waals surface area contributed by atoms with Crippen LogP contribution in [-0.4, -0.2) is 13.6 Å². The Labute approximate surface area is 92.2 Å². The molecule has 0 heterocycles. The zero-order chi connectivity index (χ0) is 11.1. The van der Waals surface area contributed by atoms with Gasteiger partial charge in [0.2, 0.25) is 0 Å². The van der Waals surface area contributed by atoms with Crippen molar-refractivity contribution in [3.8, 4) is 0 Å². The Morgan fingerprint density at radius 2 is 1.50 bits per heavy atom. The quantitative estimate of drug-likeness (QED) is 0.661. The molecule has 2 atom stereocenters. The van der Waals surface area contributed by atoms with Crippen molar-refractivity contribution in [1.82, 2.24) is 5.32 Å². The number of hydrogen-bond acceptors (Lipinski definition) is 1. The van der Waals surface area contributed by atoms with Crippen LogP contribution in [0.2, 0.25) is 0 Å². The van der Waals surface area contributed by atoms with Crippen LogP contribution in [0.1, 0.15) is 48.9 Å². The van der Waals surface area contributed by atoms with Crippen molar-refractivity contribution in [2.24, 2.45) is 23.7 Å². The van der Waals surface area contributed by atoms with Gasteiger partial charge in [0.15, 0.2) is 0 Å². The lowest BCUT2D eigenvalue weighted by Crippen LogP contribution is -2.32. The van der Waals surface area contributed by atoms with E-state index < -0.39 is 0 Å². The fraction of sp³-hybridized carbons (Fsp3) is 1.00. The lowest BCUT2D eigenvalue weighted by Gasteiger charge is -2.33. The van der Waals surface area contributed by atoms with Gasteiger partial charge in [0.25, 0.3) is 0 Å². The molecular weight excluding hydrogens is 170 g/mol. The second-order valence-electron chi connectivity index (χ2n) is 5.16. The number of nitrogens with one attached hydrogen (secondary N) is 1. The van der Waals surface area contributed by atoms with Gasteiger partial charge in [-0.2, -0.15) is 0 Å². The Morgan fingerprint density at radius 3 is 1.79 bits per heavy atom. The van der Waals surface area contributed by atoms with Gasteiger partial charge in [-0.3, -0.25) is 0 Å². The van der Waals surface area contributed by atoms with E-state index in [1.54, 1.807) is 0 Å². The van der Waals surface area contributed by atoms with Crippen LogP contribution < -0.4 is 5.32 Å². The molecule has 1 nitrogen and oxygen atoms in total. The maximum Gasteiger partial charge on any atom is 0 e. The third-order valence-electron chi connectivity index (χ3n) is 3.32. The molecule has 0 saturated carbocycles. The molecule has 88 valence electrons. The van der Waals surface area contributed by atoms with Crippen molar-refractivity contribution in [2.45, 2.75) is 47.5 Å². The lowest BCUT2D eigenvalue weighted by atomic mass is 9.75. The van der Waals surface area contributed by atoms with Gasteiger partial charge < -0.3 is 5.32 Å². The standard InChI is InChI=1S/C13H29N.H2/c1-7-8-12(10(2)3)13(9-14-6)11(4)5;/h10-14H,7-9H2,1-6H3;1H. The second kappa shape index (κ2) is 7.28. The normalized spacial score (nSPS) is 16.3. The third kappa shape index (κ3) is 4.45. The summed E-state index contributed by atoms with van der Waals surface area (Å²) >= 11 is 0. The molecule has 0 spiro atoms. The van der Waals surface area contributed by atoms with Crippen LogP contribution in [0.3, 0.4) is 0 Å². The van der Waals surface area contributed by atoms with Crippen LogP contribution in [0.5, 0.6) is 0 Å². The first-order valence-electron chi connectivity index (χ1n) is 6.19. The first-order valence-corrected chi connectivity index (χ1v) is 6.19. The Morgan fingerprint density at radius 1 is 1.00 bits per heavy atom. The molecule has 0 amide bonds. The van der Waals surface area contributed by atoms with Gasteiger partial charge in [-0.15, -0.1) is 0 Å². The van der Waals surface area contributed by atoms with E-state index in [0.717, 1.165) is 23.7 Å². The summed E-state index contributed by atoms with van der Waals surface area (Å²) < 4.78 is 0. The predicted octanol–water partition coefficient (Wildman–Crippen LogP) is 3.80. The van der Waals surface area contributed by atoms with Gasteiger partial charge in [-0.05, 0) is 37.3 Å². The summed E-state index contributed by atoms with van der Waals surface area (Å²) in [6, 6.07) is 0. The van der Waals surface area contributed by atoms with Crippen LogP contribution in [0.15, 0.2) is 0 Å². The third-order valence-corrected chi connectivity index (χ3v) is 3.32. The van der Waals surface area contributed by atoms with Crippen molar-refractivity contribution in [3.05, 3.63) is 0 Å². The Kier molecular flexibility index (Phi) is 7.26. The molecule has 1 N–H and O–H groups in total. The highest BCUT2D eigenvalue weighted by Crippen LogP contribution is 2.30. The van der Waals surface area contributed by atoms with Crippen molar-refractivity contribution in [3.63, 3.8) is 0 Å². The summed E-state index contributed by atoms with van der Waals surface area (Å²) in [7, 11) is 2.07. The first kappa shape index (κ1) is 14.0. The zero-order valence-corrected chi connectivity index (χ0v) is 10.9. The molecule has 0 bridgehead atoms. The summed E-state index contributed by atoms with van der Waals surface area (Å²) in [5.41, 5.74) is 0. The van der Waals surface area contributed by atoms with Crippen molar-refractivity contribution >= 4 is 0 Å². The van der Waals surface area contributed by atoms with Crippen molar-refractivity contribution in [2.75, 3.05) is 13.6 Å². The number of hydrogen-bond donors (Lipinski definition) is 1. The average Bonchev–Trinajstić information content (AvgIpc) is 2.10. The highest BCUT2D eigenvalue weighted by Gasteiger charge is 2.25. The molecular formula is C13H31N. The molecule has 0 saturated heterocycles. The molecule has 0 aliphatic heterocycles. The van der Waals surface area contributed by atoms with E-state index in [-0.39, 0.29) is 1.43 Å². The van der Waals surface area contributed by atoms with Crippen molar-refractivity contribution < 1.29 is 1.43 Å². The van der Waals surface area contributed by atoms with Crippen LogP contribution in [0, 0.1) is 23.7 Å². The van der Waals surface area contributed by atoms with Crippen LogP contribution in [0.4, 0.5) is 0 Å². The van der Waals surface area contributed by atoms with Crippen molar-refractivity contribution in [1.29, 1.82) is 0 Å². The highest BCUT2D eigenvalue weighted by atomic mass is 14.8. The van der Waals surface area contributed by atoms with E-state index in [2.05, 4.69) is 47.0 Å². The van der Waals surface area contributed by atoms with E-state index in [1.165, 1.54) is 19.4 Å². The maximum atomic E-state index is 3.34. The number of rotatable bonds is 7. The molecule has 0 aliphatic carbocycles. The molecule has 0 radical (unpaired) electrons. The monoisotopic (exact) mass is 201 g/mol. The Bertz CT molecular complexity index is 118. The van der Waals surface area contributed by atoms with Crippen LogP contribution >= 0.6 is 0 Å². The summed E-state index contributed by atoms with van der Waals surface area (Å²) in [5, 5.41) is 3.34. The molecule has 0 fully saturated rings. The molecule has 0 rings (SSSR count). The van der Waals surface area contributed by atoms with Gasteiger partial charge in [0, 0.05) is 1.43 Å². The predicted molar refractivity (Wildman–Crippen MR) is 67.6 cm³/mol. The summed E-state index contributed by atoms with van der Waals surface area (Å²) in [6.45, 7) is 12.9. The molecule has 0 aromatic rings. The smallest absolute Gasteiger partial charge is 0 e. The van der Waals surface area contributed by atoms with Crippen LogP contribution in [-0.2, 0) is 0 Å². The summed E-state index contributed by atoms with van der Waals surface area (Å²) in [6.07, 6.45) is 2.69. The minimum atomic E-state index is 0. The zero-order valence-electron chi connectivity index (χ0n) is 10.9. The molecule has 1 heteroatoms. The van der Waals surface area contributed by atoms with Gasteiger partial charge >= 0.3 is 0 Å². The summed E-state index contributed by atoms with van der Waals surface area (Å²) in [5.74, 6) is 3.32. The minimum absolute atomic E-state index is 0. The van der Waals surface area contributed by atoms with Crippen LogP contribution in [0.25, 0.3) is 0 Å². The van der Waals surface area contributed by atoms with Gasteiger partial charge in [-0.1, -0.05) is 47.5 Å². The molecule has 14 heavy (non-hydrogen) atoms. The van der Waals surface area contributed by atoms with E-state index >= 15 is 0 Å². The van der Waals surface area contributed by atoms with E-state index in [4.69, 9.17) is 0 Å². The van der Waals surface area contributed by atoms with Gasteiger partial charge in [0.1, 0.15) is 0 Å².